The van der Waals surface area contributed by atoms with E-state index in [-0.39, 0.29) is 18.2 Å². The van der Waals surface area contributed by atoms with Crippen LogP contribution in [-0.2, 0) is 17.6 Å². The van der Waals surface area contributed by atoms with E-state index in [2.05, 4.69) is 22.3 Å². The Bertz CT molecular complexity index is 591. The van der Waals surface area contributed by atoms with E-state index in [0.29, 0.717) is 5.82 Å². The number of hydrogen-bond donors (Lipinski definition) is 1. The van der Waals surface area contributed by atoms with Crippen molar-refractivity contribution in [3.63, 3.8) is 0 Å². The van der Waals surface area contributed by atoms with Crippen LogP contribution in [-0.4, -0.2) is 21.2 Å². The third-order valence-corrected chi connectivity index (χ3v) is 3.23. The predicted octanol–water partition coefficient (Wildman–Crippen LogP) is 1.77. The van der Waals surface area contributed by atoms with Gasteiger partial charge in [-0.05, 0) is 24.0 Å². The SMILES string of the molecule is O=C(O)Cc1nc(C2CCc3ccccc32)no1. The summed E-state index contributed by atoms with van der Waals surface area (Å²) >= 11 is 0. The molecule has 0 fully saturated rings. The van der Waals surface area contributed by atoms with Gasteiger partial charge >= 0.3 is 5.97 Å². The van der Waals surface area contributed by atoms with Crippen LogP contribution in [0.15, 0.2) is 28.8 Å². The highest BCUT2D eigenvalue weighted by atomic mass is 16.5. The zero-order valence-electron chi connectivity index (χ0n) is 9.67. The Balaban J connectivity index is 1.88. The molecule has 1 heterocycles. The Morgan fingerprint density at radius 1 is 1.44 bits per heavy atom. The molecule has 0 spiro atoms. The molecule has 5 nitrogen and oxygen atoms in total. The van der Waals surface area contributed by atoms with Crippen molar-refractivity contribution in [2.45, 2.75) is 25.2 Å². The van der Waals surface area contributed by atoms with E-state index in [1.165, 1.54) is 11.1 Å². The fourth-order valence-electron chi connectivity index (χ4n) is 2.44. The van der Waals surface area contributed by atoms with Gasteiger partial charge in [0.15, 0.2) is 5.82 Å². The number of aryl methyl sites for hydroxylation is 1. The van der Waals surface area contributed by atoms with Gasteiger partial charge < -0.3 is 9.63 Å². The van der Waals surface area contributed by atoms with Crippen molar-refractivity contribution < 1.29 is 14.4 Å². The summed E-state index contributed by atoms with van der Waals surface area (Å²) in [5, 5.41) is 12.6. The predicted molar refractivity (Wildman–Crippen MR) is 62.2 cm³/mol. The van der Waals surface area contributed by atoms with E-state index in [4.69, 9.17) is 9.63 Å². The lowest BCUT2D eigenvalue weighted by atomic mass is 10.0. The van der Waals surface area contributed by atoms with Crippen LogP contribution < -0.4 is 0 Å². The number of nitrogens with zero attached hydrogens (tertiary/aromatic N) is 2. The van der Waals surface area contributed by atoms with Gasteiger partial charge in [0.2, 0.25) is 5.89 Å². The van der Waals surface area contributed by atoms with E-state index in [1.807, 2.05) is 12.1 Å². The number of carboxylic acid groups (broad SMARTS) is 1. The van der Waals surface area contributed by atoms with Crippen molar-refractivity contribution in [3.8, 4) is 0 Å². The quantitative estimate of drug-likeness (QED) is 0.890. The average molecular weight is 244 g/mol. The van der Waals surface area contributed by atoms with E-state index >= 15 is 0 Å². The highest BCUT2D eigenvalue weighted by molar-refractivity contribution is 5.68. The van der Waals surface area contributed by atoms with E-state index in [9.17, 15) is 4.79 Å². The van der Waals surface area contributed by atoms with Gasteiger partial charge in [0.05, 0.1) is 0 Å². The molecular weight excluding hydrogens is 232 g/mol. The van der Waals surface area contributed by atoms with Gasteiger partial charge in [0.1, 0.15) is 6.42 Å². The molecule has 1 aromatic heterocycles. The first-order chi connectivity index (χ1) is 8.74. The molecule has 0 amide bonds. The summed E-state index contributed by atoms with van der Waals surface area (Å²) in [6.07, 6.45) is 1.73. The number of hydrogen-bond acceptors (Lipinski definition) is 4. The lowest BCUT2D eigenvalue weighted by Crippen LogP contribution is -2.02. The molecule has 0 saturated heterocycles. The summed E-state index contributed by atoms with van der Waals surface area (Å²) in [7, 11) is 0. The first-order valence-corrected chi connectivity index (χ1v) is 5.86. The van der Waals surface area contributed by atoms with Crippen LogP contribution in [0.25, 0.3) is 0 Å². The standard InChI is InChI=1S/C13H12N2O3/c16-12(17)7-11-14-13(15-18-11)10-6-5-8-3-1-2-4-9(8)10/h1-4,10H,5-7H2,(H,16,17). The largest absolute Gasteiger partial charge is 0.481 e. The van der Waals surface area contributed by atoms with Gasteiger partial charge in [-0.2, -0.15) is 4.98 Å². The Morgan fingerprint density at radius 3 is 3.11 bits per heavy atom. The summed E-state index contributed by atoms with van der Waals surface area (Å²) in [6, 6.07) is 8.19. The van der Waals surface area contributed by atoms with Gasteiger partial charge in [-0.3, -0.25) is 4.79 Å². The van der Waals surface area contributed by atoms with E-state index < -0.39 is 5.97 Å². The number of fused-ring (bicyclic) bond motifs is 1. The van der Waals surface area contributed by atoms with E-state index in [0.717, 1.165) is 12.8 Å². The number of rotatable bonds is 3. The topological polar surface area (TPSA) is 76.2 Å². The fraction of sp³-hybridized carbons (Fsp3) is 0.308. The zero-order chi connectivity index (χ0) is 12.5. The number of carbonyl (C=O) groups is 1. The van der Waals surface area contributed by atoms with Crippen LogP contribution in [0.3, 0.4) is 0 Å². The molecule has 18 heavy (non-hydrogen) atoms. The minimum Gasteiger partial charge on any atom is -0.481 e. The average Bonchev–Trinajstić information content (AvgIpc) is 2.94. The van der Waals surface area contributed by atoms with Crippen molar-refractivity contribution in [1.29, 1.82) is 0 Å². The summed E-state index contributed by atoms with van der Waals surface area (Å²) in [5.74, 6) is -0.0670. The minimum absolute atomic E-state index is 0.132. The molecular formula is C13H12N2O3. The number of aliphatic carboxylic acids is 1. The van der Waals surface area contributed by atoms with Crippen molar-refractivity contribution in [3.05, 3.63) is 47.1 Å². The Kier molecular flexibility index (Phi) is 2.59. The lowest BCUT2D eigenvalue weighted by molar-refractivity contribution is -0.136. The van der Waals surface area contributed by atoms with Gasteiger partial charge in [0.25, 0.3) is 0 Å². The molecule has 0 radical (unpaired) electrons. The molecule has 2 aromatic rings. The van der Waals surface area contributed by atoms with Gasteiger partial charge in [-0.1, -0.05) is 29.4 Å². The summed E-state index contributed by atoms with van der Waals surface area (Å²) < 4.78 is 4.96. The molecule has 0 aliphatic heterocycles. The smallest absolute Gasteiger partial charge is 0.312 e. The maximum absolute atomic E-state index is 10.6. The normalized spacial score (nSPS) is 17.7. The second kappa shape index (κ2) is 4.25. The Morgan fingerprint density at radius 2 is 2.28 bits per heavy atom. The summed E-state index contributed by atoms with van der Waals surface area (Å²) in [6.45, 7) is 0. The van der Waals surface area contributed by atoms with Crippen molar-refractivity contribution >= 4 is 5.97 Å². The van der Waals surface area contributed by atoms with Crippen LogP contribution in [0.2, 0.25) is 0 Å². The summed E-state index contributed by atoms with van der Waals surface area (Å²) in [4.78, 5) is 14.7. The molecule has 92 valence electrons. The first-order valence-electron chi connectivity index (χ1n) is 5.86. The molecule has 1 N–H and O–H groups in total. The number of aromatic nitrogens is 2. The summed E-state index contributed by atoms with van der Waals surface area (Å²) in [5.41, 5.74) is 2.53. The van der Waals surface area contributed by atoms with Gasteiger partial charge in [0, 0.05) is 5.92 Å². The van der Waals surface area contributed by atoms with Crippen LogP contribution in [0.5, 0.6) is 0 Å². The first kappa shape index (κ1) is 11.0. The Hall–Kier alpha value is -2.17. The zero-order valence-corrected chi connectivity index (χ0v) is 9.67. The molecule has 0 saturated carbocycles. The Labute approximate surface area is 103 Å². The second-order valence-corrected chi connectivity index (χ2v) is 4.41. The highest BCUT2D eigenvalue weighted by Gasteiger charge is 2.27. The van der Waals surface area contributed by atoms with Crippen LogP contribution in [0, 0.1) is 0 Å². The second-order valence-electron chi connectivity index (χ2n) is 4.41. The van der Waals surface area contributed by atoms with Crippen LogP contribution >= 0.6 is 0 Å². The third kappa shape index (κ3) is 1.88. The van der Waals surface area contributed by atoms with Crippen LogP contribution in [0.4, 0.5) is 0 Å². The maximum atomic E-state index is 10.6. The van der Waals surface area contributed by atoms with Crippen LogP contribution in [0.1, 0.15) is 35.2 Å². The fourth-order valence-corrected chi connectivity index (χ4v) is 2.44. The monoisotopic (exact) mass is 244 g/mol. The highest BCUT2D eigenvalue weighted by Crippen LogP contribution is 2.36. The molecule has 1 aliphatic carbocycles. The number of benzene rings is 1. The van der Waals surface area contributed by atoms with Crippen molar-refractivity contribution in [2.75, 3.05) is 0 Å². The van der Waals surface area contributed by atoms with Gasteiger partial charge in [-0.15, -0.1) is 0 Å². The molecule has 1 unspecified atom stereocenters. The van der Waals surface area contributed by atoms with Crippen molar-refractivity contribution in [2.24, 2.45) is 0 Å². The lowest BCUT2D eigenvalue weighted by Gasteiger charge is -2.05. The van der Waals surface area contributed by atoms with Gasteiger partial charge in [-0.25, -0.2) is 0 Å². The van der Waals surface area contributed by atoms with E-state index in [1.54, 1.807) is 0 Å². The maximum Gasteiger partial charge on any atom is 0.312 e. The molecule has 0 bridgehead atoms. The third-order valence-electron chi connectivity index (χ3n) is 3.23. The molecule has 3 rings (SSSR count). The number of carboxylic acids is 1. The molecule has 1 atom stereocenters. The van der Waals surface area contributed by atoms with Crippen molar-refractivity contribution in [1.82, 2.24) is 10.1 Å². The molecule has 1 aliphatic rings. The molecule has 1 aromatic carbocycles. The molecule has 5 heteroatoms. The minimum atomic E-state index is -0.961.